The summed E-state index contributed by atoms with van der Waals surface area (Å²) in [6.45, 7) is 1.01. The summed E-state index contributed by atoms with van der Waals surface area (Å²) in [6, 6.07) is 1.22. The highest BCUT2D eigenvalue weighted by Crippen LogP contribution is 2.40. The summed E-state index contributed by atoms with van der Waals surface area (Å²) in [5, 5.41) is 11.0. The number of β-amino-alcohol motifs (C(OH)–C–C–N with tert-alkyl or cyclic N) is 1. The fourth-order valence-corrected chi connectivity index (χ4v) is 5.21. The van der Waals surface area contributed by atoms with Crippen LogP contribution in [0.1, 0.15) is 24.4 Å². The van der Waals surface area contributed by atoms with E-state index in [1.54, 1.807) is 18.7 Å². The molecule has 3 heterocycles. The Kier molecular flexibility index (Phi) is 6.61. The van der Waals surface area contributed by atoms with Gasteiger partial charge in [-0.25, -0.2) is 13.2 Å². The lowest BCUT2D eigenvalue weighted by atomic mass is 9.73. The summed E-state index contributed by atoms with van der Waals surface area (Å²) in [7, 11) is 0. The van der Waals surface area contributed by atoms with Crippen molar-refractivity contribution in [2.45, 2.75) is 32.3 Å². The van der Waals surface area contributed by atoms with Crippen LogP contribution in [0.25, 0.3) is 10.9 Å². The minimum Gasteiger partial charge on any atom is -0.463 e. The van der Waals surface area contributed by atoms with E-state index >= 15 is 4.39 Å². The monoisotopic (exact) mass is 583 g/mol. The number of hydrogen-bond donors (Lipinski definition) is 1. The number of hydrogen-bond acceptors (Lipinski definition) is 7. The van der Waals surface area contributed by atoms with Crippen molar-refractivity contribution < 1.29 is 31.9 Å². The minimum absolute atomic E-state index is 0.00861. The van der Waals surface area contributed by atoms with Crippen LogP contribution in [0.3, 0.4) is 0 Å². The molecule has 194 valence electrons. The first-order chi connectivity index (χ1) is 17.6. The Morgan fingerprint density at radius 3 is 2.86 bits per heavy atom. The van der Waals surface area contributed by atoms with Crippen molar-refractivity contribution in [3.63, 3.8) is 0 Å². The van der Waals surface area contributed by atoms with E-state index in [1.807, 2.05) is 0 Å². The second kappa shape index (κ2) is 10.2. The summed E-state index contributed by atoms with van der Waals surface area (Å²) in [5.74, 6) is -1.65. The number of alkyl halides is 2. The van der Waals surface area contributed by atoms with Crippen LogP contribution in [-0.4, -0.2) is 85.0 Å². The van der Waals surface area contributed by atoms with Crippen LogP contribution in [0, 0.1) is 17.2 Å². The van der Waals surface area contributed by atoms with Gasteiger partial charge in [-0.05, 0) is 48.9 Å². The number of halogens is 5. The van der Waals surface area contributed by atoms with Crippen LogP contribution in [0.15, 0.2) is 10.5 Å². The van der Waals surface area contributed by atoms with Crippen LogP contribution in [-0.2, 0) is 4.74 Å². The predicted octanol–water partition coefficient (Wildman–Crippen LogP) is 4.37. The first-order valence-electron chi connectivity index (χ1n) is 12.7. The Balaban J connectivity index is 1.73. The Morgan fingerprint density at radius 1 is 1.37 bits per heavy atom. The topological polar surface area (TPSA) is 71.0 Å². The maximum atomic E-state index is 15.3. The molecule has 0 spiro atoms. The number of rotatable bonds is 5. The van der Waals surface area contributed by atoms with Crippen molar-refractivity contribution >= 4 is 44.3 Å². The lowest BCUT2D eigenvalue weighted by Gasteiger charge is -2.44. The van der Waals surface area contributed by atoms with Crippen LogP contribution >= 0.6 is 27.5 Å². The smallest absolute Gasteiger partial charge is 0.319 e. The van der Waals surface area contributed by atoms with Gasteiger partial charge in [0.05, 0.1) is 35.9 Å². The maximum Gasteiger partial charge on any atom is 0.319 e. The third-order valence-corrected chi connectivity index (χ3v) is 7.83. The second-order valence-electron chi connectivity index (χ2n) is 9.78. The number of benzene rings is 1. The molecule has 0 bridgehead atoms. The molecule has 0 radical (unpaired) electrons. The van der Waals surface area contributed by atoms with Crippen molar-refractivity contribution in [1.29, 1.82) is 0 Å². The first kappa shape index (κ1) is 22.8. The van der Waals surface area contributed by atoms with E-state index in [2.05, 4.69) is 25.9 Å². The summed E-state index contributed by atoms with van der Waals surface area (Å²) in [5.41, 5.74) is -2.60. The van der Waals surface area contributed by atoms with Crippen LogP contribution in [0.4, 0.5) is 19.0 Å². The molecule has 1 N–H and O–H groups in total. The zero-order chi connectivity index (χ0) is 28.0. The van der Waals surface area contributed by atoms with E-state index in [4.69, 9.17) is 25.2 Å². The number of aliphatic hydroxyl groups is 1. The number of fused-ring (bicyclic) bond motifs is 1. The van der Waals surface area contributed by atoms with Crippen molar-refractivity contribution in [3.05, 3.63) is 21.4 Å². The Bertz CT molecular complexity index is 1200. The van der Waals surface area contributed by atoms with E-state index in [1.165, 1.54) is 11.0 Å². The van der Waals surface area contributed by atoms with E-state index < -0.39 is 36.2 Å². The molecule has 4 rings (SSSR count). The molecule has 1 aromatic carbocycles. The molecule has 0 aliphatic carbocycles. The van der Waals surface area contributed by atoms with Gasteiger partial charge in [-0.1, -0.05) is 18.5 Å². The van der Waals surface area contributed by atoms with Crippen LogP contribution in [0.2, 0.25) is 5.02 Å². The highest BCUT2D eigenvalue weighted by Gasteiger charge is 2.44. The second-order valence-corrected chi connectivity index (χ2v) is 11.0. The molecule has 2 aliphatic rings. The molecule has 0 saturated carbocycles. The lowest BCUT2D eigenvalue weighted by molar-refractivity contribution is -0.0679. The van der Waals surface area contributed by atoms with Crippen molar-refractivity contribution in [2.24, 2.45) is 11.3 Å². The van der Waals surface area contributed by atoms with Gasteiger partial charge in [-0.3, -0.25) is 0 Å². The van der Waals surface area contributed by atoms with E-state index in [-0.39, 0.29) is 78.1 Å². The van der Waals surface area contributed by atoms with Gasteiger partial charge in [0.15, 0.2) is 5.82 Å². The summed E-state index contributed by atoms with van der Waals surface area (Å²) >= 11 is 9.33. The summed E-state index contributed by atoms with van der Waals surface area (Å²) in [4.78, 5) is 11.6. The largest absolute Gasteiger partial charge is 0.463 e. The quantitative estimate of drug-likeness (QED) is 0.524. The predicted molar refractivity (Wildman–Crippen MR) is 131 cm³/mol. The molecule has 2 aliphatic heterocycles. The van der Waals surface area contributed by atoms with E-state index in [0.29, 0.717) is 6.54 Å². The number of piperidine rings is 1. The van der Waals surface area contributed by atoms with Crippen molar-refractivity contribution in [2.75, 3.05) is 57.9 Å². The third kappa shape index (κ3) is 5.64. The van der Waals surface area contributed by atoms with Gasteiger partial charge in [0.1, 0.15) is 16.9 Å². The molecule has 2 saturated heterocycles. The molecule has 0 amide bonds. The molecule has 2 fully saturated rings. The van der Waals surface area contributed by atoms with Crippen molar-refractivity contribution in [1.82, 2.24) is 14.9 Å². The van der Waals surface area contributed by atoms with Gasteiger partial charge in [0.2, 0.25) is 6.43 Å². The molecule has 3 atom stereocenters. The minimum atomic E-state index is -2.69. The van der Waals surface area contributed by atoms with Crippen LogP contribution in [0.5, 0.6) is 6.01 Å². The van der Waals surface area contributed by atoms with Gasteiger partial charge in [0, 0.05) is 33.9 Å². The fraction of sp³-hybridized carbons (Fsp3) is 0.652. The highest BCUT2D eigenvalue weighted by atomic mass is 79.9. The van der Waals surface area contributed by atoms with E-state index in [9.17, 15) is 13.9 Å². The highest BCUT2D eigenvalue weighted by molar-refractivity contribution is 9.10. The third-order valence-electron chi connectivity index (χ3n) is 6.53. The van der Waals surface area contributed by atoms with Gasteiger partial charge < -0.3 is 24.4 Å². The molecule has 35 heavy (non-hydrogen) atoms. The average Bonchev–Trinajstić information content (AvgIpc) is 3.00. The van der Waals surface area contributed by atoms with Crippen LogP contribution < -0.4 is 9.64 Å². The first-order valence-corrected chi connectivity index (χ1v) is 12.3. The number of anilines is 1. The lowest BCUT2D eigenvalue weighted by Crippen LogP contribution is -2.51. The van der Waals surface area contributed by atoms with Gasteiger partial charge in [-0.2, -0.15) is 9.97 Å². The molecular formula is C23H29BrClF3N4O3. The molecule has 2 aromatic rings. The molecular weight excluding hydrogens is 553 g/mol. The van der Waals surface area contributed by atoms with Gasteiger partial charge in [-0.15, -0.1) is 0 Å². The van der Waals surface area contributed by atoms with Gasteiger partial charge >= 0.3 is 6.01 Å². The Hall–Kier alpha value is -1.40. The zero-order valence-corrected chi connectivity index (χ0v) is 21.7. The average molecular weight is 585 g/mol. The number of likely N-dealkylation sites (tertiary alicyclic amines) is 1. The summed E-state index contributed by atoms with van der Waals surface area (Å²) in [6.07, 6.45) is -2.71. The molecule has 1 aromatic heterocycles. The van der Waals surface area contributed by atoms with E-state index in [0.717, 1.165) is 0 Å². The molecule has 0 unspecified atom stereocenters. The van der Waals surface area contributed by atoms with Crippen molar-refractivity contribution in [3.8, 4) is 6.01 Å². The zero-order valence-electron chi connectivity index (χ0n) is 22.3. The normalized spacial score (nSPS) is 30.1. The Labute approximate surface area is 219 Å². The summed E-state index contributed by atoms with van der Waals surface area (Å²) < 4.78 is 77.7. The fourth-order valence-electron chi connectivity index (χ4n) is 4.71. The number of nitrogens with zero attached hydrogens (tertiary/aromatic N) is 4. The number of aromatic nitrogens is 2. The maximum absolute atomic E-state index is 15.3. The van der Waals surface area contributed by atoms with Gasteiger partial charge in [0.25, 0.3) is 0 Å². The number of ether oxygens (including phenoxy) is 2. The molecule has 12 heteroatoms. The SMILES string of the molecule is [2H]C([2H])([2H])N1CC[C@H](C(F)F)[C@](C)(COc2nc(N3CCOC[C@@](C)(O)C3)c3cc(Cl)c(Br)c(F)c3n2)C1. The standard InChI is InChI=1S/C23H29BrClF3N4O3/c1-22(9-31(3)5-4-14(22)19(27)28)11-35-21-29-18-13(8-15(25)16(24)17(18)26)20(30-21)32-6-7-34-12-23(2,33)10-32/h8,14,19,33H,4-7,9-12H2,1-3H3/t14-,22+,23+/m1/s1/i3D3. The molecule has 7 nitrogen and oxygen atoms in total. The Morgan fingerprint density at radius 2 is 2.14 bits per heavy atom.